The first-order valence-corrected chi connectivity index (χ1v) is 6.14. The lowest BCUT2D eigenvalue weighted by Gasteiger charge is -2.31. The Morgan fingerprint density at radius 3 is 3.16 bits per heavy atom. The fraction of sp³-hybridized carbons (Fsp3) is 0.538. The predicted octanol–water partition coefficient (Wildman–Crippen LogP) is 0.464. The zero-order valence-corrected chi connectivity index (χ0v) is 11.2. The molecule has 0 aliphatic carbocycles. The first-order valence-electron chi connectivity index (χ1n) is 6.14. The van der Waals surface area contributed by atoms with Gasteiger partial charge in [-0.25, -0.2) is 9.78 Å². The number of rotatable bonds is 4. The number of hydrogen-bond donors (Lipinski definition) is 0. The molecule has 0 N–H and O–H groups in total. The number of aromatic nitrogens is 1. The van der Waals surface area contributed by atoms with Gasteiger partial charge in [0.15, 0.2) is 6.10 Å². The molecule has 6 nitrogen and oxygen atoms in total. The molecular weight excluding hydrogens is 248 g/mol. The second-order valence-electron chi connectivity index (χ2n) is 4.29. The summed E-state index contributed by atoms with van der Waals surface area (Å²) in [5.74, 6) is 0.284. The highest BCUT2D eigenvalue weighted by Crippen LogP contribution is 2.18. The van der Waals surface area contributed by atoms with E-state index in [9.17, 15) is 4.79 Å². The number of carbonyl (C=O) groups excluding carboxylic acids is 1. The highest BCUT2D eigenvalue weighted by molar-refractivity contribution is 5.74. The minimum absolute atomic E-state index is 0.331. The zero-order chi connectivity index (χ0) is 13.7. The summed E-state index contributed by atoms with van der Waals surface area (Å²) in [6, 6.07) is 3.84. The molecule has 6 heteroatoms. The molecule has 0 spiro atoms. The molecule has 0 saturated carbocycles. The molecule has 19 heavy (non-hydrogen) atoms. The third-order valence-electron chi connectivity index (χ3n) is 3.05. The van der Waals surface area contributed by atoms with Gasteiger partial charge in [-0.3, -0.25) is 4.90 Å². The van der Waals surface area contributed by atoms with Gasteiger partial charge in [0.05, 0.1) is 20.8 Å². The van der Waals surface area contributed by atoms with Crippen LogP contribution in [-0.2, 0) is 20.8 Å². The molecule has 0 bridgehead atoms. The number of pyridine rings is 1. The fourth-order valence-electron chi connectivity index (χ4n) is 2.09. The molecule has 0 aromatic carbocycles. The van der Waals surface area contributed by atoms with Gasteiger partial charge in [-0.05, 0) is 6.07 Å². The van der Waals surface area contributed by atoms with E-state index in [1.54, 1.807) is 13.3 Å². The molecule has 0 radical (unpaired) electrons. The van der Waals surface area contributed by atoms with Crippen LogP contribution in [0.1, 0.15) is 5.56 Å². The maximum absolute atomic E-state index is 11.5. The zero-order valence-electron chi connectivity index (χ0n) is 11.2. The second kappa shape index (κ2) is 6.49. The SMILES string of the molecule is COC(=O)C1CN(Cc2cccnc2OC)CCO1. The summed E-state index contributed by atoms with van der Waals surface area (Å²) in [6.45, 7) is 2.48. The van der Waals surface area contributed by atoms with Crippen molar-refractivity contribution in [3.05, 3.63) is 23.9 Å². The van der Waals surface area contributed by atoms with Crippen molar-refractivity contribution in [1.29, 1.82) is 0 Å². The number of ether oxygens (including phenoxy) is 3. The van der Waals surface area contributed by atoms with Gasteiger partial charge in [0.2, 0.25) is 5.88 Å². The number of esters is 1. The Hall–Kier alpha value is -1.66. The molecule has 104 valence electrons. The summed E-state index contributed by atoms with van der Waals surface area (Å²) < 4.78 is 15.3. The summed E-state index contributed by atoms with van der Waals surface area (Å²) in [6.07, 6.45) is 1.18. The molecule has 1 aromatic rings. The summed E-state index contributed by atoms with van der Waals surface area (Å²) in [7, 11) is 2.97. The van der Waals surface area contributed by atoms with Crippen molar-refractivity contribution in [2.75, 3.05) is 33.9 Å². The third-order valence-corrected chi connectivity index (χ3v) is 3.05. The summed E-state index contributed by atoms with van der Waals surface area (Å²) in [5.41, 5.74) is 0.996. The van der Waals surface area contributed by atoms with Crippen LogP contribution in [0.5, 0.6) is 5.88 Å². The predicted molar refractivity (Wildman–Crippen MR) is 67.8 cm³/mol. The van der Waals surface area contributed by atoms with Crippen molar-refractivity contribution in [3.8, 4) is 5.88 Å². The molecule has 1 atom stereocenters. The van der Waals surface area contributed by atoms with Gasteiger partial charge in [-0.2, -0.15) is 0 Å². The summed E-state index contributed by atoms with van der Waals surface area (Å²) >= 11 is 0. The lowest BCUT2D eigenvalue weighted by molar-refractivity contribution is -0.160. The lowest BCUT2D eigenvalue weighted by Crippen LogP contribution is -2.46. The smallest absolute Gasteiger partial charge is 0.336 e. The Kier molecular flexibility index (Phi) is 4.70. The maximum Gasteiger partial charge on any atom is 0.336 e. The van der Waals surface area contributed by atoms with Crippen molar-refractivity contribution in [2.24, 2.45) is 0 Å². The Balaban J connectivity index is 2.00. The van der Waals surface area contributed by atoms with Gasteiger partial charge in [0, 0.05) is 31.4 Å². The van der Waals surface area contributed by atoms with E-state index in [0.717, 1.165) is 12.1 Å². The Morgan fingerprint density at radius 2 is 2.42 bits per heavy atom. The van der Waals surface area contributed by atoms with Crippen LogP contribution in [0.15, 0.2) is 18.3 Å². The van der Waals surface area contributed by atoms with Crippen LogP contribution in [0.25, 0.3) is 0 Å². The maximum atomic E-state index is 11.5. The van der Waals surface area contributed by atoms with Gasteiger partial charge in [-0.15, -0.1) is 0 Å². The van der Waals surface area contributed by atoms with E-state index >= 15 is 0 Å². The number of hydrogen-bond acceptors (Lipinski definition) is 6. The normalized spacial score (nSPS) is 20.0. The van der Waals surface area contributed by atoms with E-state index in [1.807, 2.05) is 12.1 Å². The van der Waals surface area contributed by atoms with E-state index in [4.69, 9.17) is 14.2 Å². The van der Waals surface area contributed by atoms with E-state index in [1.165, 1.54) is 7.11 Å². The molecule has 1 unspecified atom stereocenters. The largest absolute Gasteiger partial charge is 0.481 e. The molecule has 1 aromatic heterocycles. The number of carbonyl (C=O) groups is 1. The first-order chi connectivity index (χ1) is 9.24. The first kappa shape index (κ1) is 13.8. The number of nitrogens with zero attached hydrogens (tertiary/aromatic N) is 2. The average molecular weight is 266 g/mol. The summed E-state index contributed by atoms with van der Waals surface area (Å²) in [5, 5.41) is 0. The van der Waals surface area contributed by atoms with Gasteiger partial charge in [0.1, 0.15) is 0 Å². The van der Waals surface area contributed by atoms with Gasteiger partial charge < -0.3 is 14.2 Å². The second-order valence-corrected chi connectivity index (χ2v) is 4.29. The molecule has 0 amide bonds. The van der Waals surface area contributed by atoms with E-state index in [2.05, 4.69) is 9.88 Å². The molecule has 1 fully saturated rings. The minimum atomic E-state index is -0.513. The van der Waals surface area contributed by atoms with Crippen LogP contribution in [0.3, 0.4) is 0 Å². The topological polar surface area (TPSA) is 60.9 Å². The Morgan fingerprint density at radius 1 is 1.58 bits per heavy atom. The molecule has 2 heterocycles. The Bertz CT molecular complexity index is 438. The third kappa shape index (κ3) is 3.42. The molecule has 1 aliphatic rings. The van der Waals surface area contributed by atoms with E-state index in [-0.39, 0.29) is 5.97 Å². The minimum Gasteiger partial charge on any atom is -0.481 e. The van der Waals surface area contributed by atoms with Gasteiger partial charge in [0.25, 0.3) is 0 Å². The molecule has 1 aliphatic heterocycles. The highest BCUT2D eigenvalue weighted by atomic mass is 16.6. The van der Waals surface area contributed by atoms with Crippen LogP contribution in [0.4, 0.5) is 0 Å². The van der Waals surface area contributed by atoms with Crippen LogP contribution in [0, 0.1) is 0 Å². The van der Waals surface area contributed by atoms with Crippen molar-refractivity contribution < 1.29 is 19.0 Å². The van der Waals surface area contributed by atoms with E-state index in [0.29, 0.717) is 25.6 Å². The average Bonchev–Trinajstić information content (AvgIpc) is 2.47. The Labute approximate surface area is 112 Å². The monoisotopic (exact) mass is 266 g/mol. The van der Waals surface area contributed by atoms with Crippen molar-refractivity contribution in [1.82, 2.24) is 9.88 Å². The van der Waals surface area contributed by atoms with Gasteiger partial charge in [-0.1, -0.05) is 6.07 Å². The lowest BCUT2D eigenvalue weighted by atomic mass is 10.2. The van der Waals surface area contributed by atoms with Crippen molar-refractivity contribution in [3.63, 3.8) is 0 Å². The van der Waals surface area contributed by atoms with Crippen molar-refractivity contribution in [2.45, 2.75) is 12.6 Å². The van der Waals surface area contributed by atoms with E-state index < -0.39 is 6.10 Å². The standard InChI is InChI=1S/C13H18N2O4/c1-17-12-10(4-3-5-14-12)8-15-6-7-19-11(9-15)13(16)18-2/h3-5,11H,6-9H2,1-2H3. The molecule has 1 saturated heterocycles. The molecular formula is C13H18N2O4. The molecule has 2 rings (SSSR count). The van der Waals surface area contributed by atoms with Gasteiger partial charge >= 0.3 is 5.97 Å². The van der Waals surface area contributed by atoms with Crippen LogP contribution in [-0.4, -0.2) is 55.9 Å². The van der Waals surface area contributed by atoms with Crippen LogP contribution >= 0.6 is 0 Å². The number of methoxy groups -OCH3 is 2. The highest BCUT2D eigenvalue weighted by Gasteiger charge is 2.27. The van der Waals surface area contributed by atoms with Crippen molar-refractivity contribution >= 4 is 5.97 Å². The van der Waals surface area contributed by atoms with Crippen LogP contribution < -0.4 is 4.74 Å². The summed E-state index contributed by atoms with van der Waals surface area (Å²) in [4.78, 5) is 17.8. The quantitative estimate of drug-likeness (QED) is 0.738. The van der Waals surface area contributed by atoms with Crippen LogP contribution in [0.2, 0.25) is 0 Å². The fourth-order valence-corrected chi connectivity index (χ4v) is 2.09. The number of morpholine rings is 1.